The van der Waals surface area contributed by atoms with Gasteiger partial charge in [-0.2, -0.15) is 0 Å². The van der Waals surface area contributed by atoms with Crippen molar-refractivity contribution in [2.75, 3.05) is 0 Å². The first-order valence-corrected chi connectivity index (χ1v) is 6.00. The van der Waals surface area contributed by atoms with Gasteiger partial charge in [-0.25, -0.2) is 4.98 Å². The van der Waals surface area contributed by atoms with Crippen molar-refractivity contribution in [3.05, 3.63) is 58.1 Å². The summed E-state index contributed by atoms with van der Waals surface area (Å²) in [5.41, 5.74) is 7.00. The van der Waals surface area contributed by atoms with Crippen LogP contribution in [-0.2, 0) is 0 Å². The normalized spacial score (nSPS) is 10.7. The zero-order chi connectivity index (χ0) is 15.0. The van der Waals surface area contributed by atoms with Gasteiger partial charge in [0.25, 0.3) is 5.69 Å². The van der Waals surface area contributed by atoms with Gasteiger partial charge in [0.05, 0.1) is 4.92 Å². The summed E-state index contributed by atoms with van der Waals surface area (Å²) in [6.07, 6.45) is 0. The number of primary amides is 1. The first-order chi connectivity index (χ1) is 10.0. The van der Waals surface area contributed by atoms with Crippen molar-refractivity contribution in [3.8, 4) is 11.5 Å². The molecule has 2 aromatic carbocycles. The van der Waals surface area contributed by atoms with Gasteiger partial charge < -0.3 is 10.2 Å². The highest BCUT2D eigenvalue weighted by molar-refractivity contribution is 5.93. The van der Waals surface area contributed by atoms with Crippen LogP contribution < -0.4 is 5.73 Å². The Hall–Kier alpha value is -3.22. The monoisotopic (exact) mass is 283 g/mol. The molecule has 7 heteroatoms. The number of amides is 1. The largest absolute Gasteiger partial charge is 0.436 e. The Kier molecular flexibility index (Phi) is 2.87. The summed E-state index contributed by atoms with van der Waals surface area (Å²) in [5.74, 6) is -0.198. The number of aromatic nitrogens is 1. The van der Waals surface area contributed by atoms with Gasteiger partial charge in [0.15, 0.2) is 5.58 Å². The Morgan fingerprint density at radius 1 is 1.19 bits per heavy atom. The van der Waals surface area contributed by atoms with E-state index in [0.717, 1.165) is 0 Å². The first-order valence-electron chi connectivity index (χ1n) is 6.00. The molecule has 1 aromatic heterocycles. The molecule has 104 valence electrons. The average molecular weight is 283 g/mol. The highest BCUT2D eigenvalue weighted by Crippen LogP contribution is 2.27. The molecular formula is C14H9N3O4. The second kappa shape index (κ2) is 4.71. The predicted molar refractivity (Wildman–Crippen MR) is 74.6 cm³/mol. The maximum atomic E-state index is 11.0. The number of non-ortho nitro benzene ring substituents is 1. The fourth-order valence-corrected chi connectivity index (χ4v) is 1.93. The number of nitrogens with two attached hydrogens (primary N) is 1. The third-order valence-electron chi connectivity index (χ3n) is 3.00. The highest BCUT2D eigenvalue weighted by atomic mass is 16.6. The van der Waals surface area contributed by atoms with Crippen molar-refractivity contribution in [2.24, 2.45) is 5.73 Å². The molecule has 0 unspecified atom stereocenters. The number of hydrogen-bond donors (Lipinski definition) is 1. The number of nitro groups is 1. The summed E-state index contributed by atoms with van der Waals surface area (Å²) < 4.78 is 5.54. The van der Waals surface area contributed by atoms with Crippen LogP contribution in [0.3, 0.4) is 0 Å². The number of hydrogen-bond acceptors (Lipinski definition) is 5. The fraction of sp³-hybridized carbons (Fsp3) is 0. The summed E-state index contributed by atoms with van der Waals surface area (Å²) in [6.45, 7) is 0. The lowest BCUT2D eigenvalue weighted by Crippen LogP contribution is -2.10. The summed E-state index contributed by atoms with van der Waals surface area (Å²) in [6, 6.07) is 10.6. The summed E-state index contributed by atoms with van der Waals surface area (Å²) in [7, 11) is 0. The van der Waals surface area contributed by atoms with Crippen LogP contribution >= 0.6 is 0 Å². The highest BCUT2D eigenvalue weighted by Gasteiger charge is 2.13. The lowest BCUT2D eigenvalue weighted by atomic mass is 10.1. The molecule has 0 bridgehead atoms. The van der Waals surface area contributed by atoms with E-state index in [0.29, 0.717) is 28.1 Å². The maximum absolute atomic E-state index is 11.0. The van der Waals surface area contributed by atoms with E-state index in [9.17, 15) is 14.9 Å². The van der Waals surface area contributed by atoms with Crippen LogP contribution in [0.2, 0.25) is 0 Å². The molecule has 0 atom stereocenters. The first kappa shape index (κ1) is 12.8. The molecule has 0 fully saturated rings. The standard InChI is InChI=1S/C14H9N3O4/c15-13(18)8-1-3-9(4-2-8)14-16-11-7-10(17(19)20)5-6-12(11)21-14/h1-7H,(H2,15,18). The molecule has 0 aliphatic rings. The SMILES string of the molecule is NC(=O)c1ccc(-c2nc3cc([N+](=O)[O-])ccc3o2)cc1. The van der Waals surface area contributed by atoms with Crippen LogP contribution in [0.25, 0.3) is 22.6 Å². The number of benzene rings is 2. The lowest BCUT2D eigenvalue weighted by molar-refractivity contribution is -0.384. The molecule has 1 heterocycles. The number of oxazole rings is 1. The van der Waals surface area contributed by atoms with Crippen molar-refractivity contribution in [1.29, 1.82) is 0 Å². The van der Waals surface area contributed by atoms with E-state index in [1.165, 1.54) is 18.2 Å². The predicted octanol–water partition coefficient (Wildman–Crippen LogP) is 2.50. The van der Waals surface area contributed by atoms with Crippen LogP contribution in [-0.4, -0.2) is 15.8 Å². The molecule has 3 rings (SSSR count). The number of fused-ring (bicyclic) bond motifs is 1. The Bertz CT molecular complexity index is 852. The van der Waals surface area contributed by atoms with E-state index in [2.05, 4.69) is 4.98 Å². The Labute approximate surface area is 118 Å². The molecule has 0 saturated carbocycles. The minimum Gasteiger partial charge on any atom is -0.436 e. The van der Waals surface area contributed by atoms with Crippen LogP contribution in [0.4, 0.5) is 5.69 Å². The molecule has 0 saturated heterocycles. The molecule has 0 aliphatic heterocycles. The number of rotatable bonds is 3. The minimum atomic E-state index is -0.519. The summed E-state index contributed by atoms with van der Waals surface area (Å²) in [4.78, 5) is 25.5. The quantitative estimate of drug-likeness (QED) is 0.586. The van der Waals surface area contributed by atoms with Gasteiger partial charge in [0.2, 0.25) is 11.8 Å². The number of carbonyl (C=O) groups excluding carboxylic acids is 1. The van der Waals surface area contributed by atoms with Gasteiger partial charge in [-0.15, -0.1) is 0 Å². The molecule has 0 radical (unpaired) electrons. The average Bonchev–Trinajstić information content (AvgIpc) is 2.90. The van der Waals surface area contributed by atoms with Crippen molar-refractivity contribution in [1.82, 2.24) is 4.98 Å². The smallest absolute Gasteiger partial charge is 0.271 e. The molecule has 0 spiro atoms. The van der Waals surface area contributed by atoms with Gasteiger partial charge >= 0.3 is 0 Å². The number of carbonyl (C=O) groups is 1. The van der Waals surface area contributed by atoms with Crippen LogP contribution in [0.5, 0.6) is 0 Å². The third kappa shape index (κ3) is 2.32. The fourth-order valence-electron chi connectivity index (χ4n) is 1.93. The van der Waals surface area contributed by atoms with Crippen LogP contribution in [0.1, 0.15) is 10.4 Å². The van der Waals surface area contributed by atoms with Gasteiger partial charge in [0.1, 0.15) is 5.52 Å². The van der Waals surface area contributed by atoms with Crippen LogP contribution in [0.15, 0.2) is 46.9 Å². The molecule has 2 N–H and O–H groups in total. The van der Waals surface area contributed by atoms with Gasteiger partial charge in [-0.1, -0.05) is 0 Å². The van der Waals surface area contributed by atoms with Crippen LogP contribution in [0, 0.1) is 10.1 Å². The molecule has 1 amide bonds. The number of nitro benzene ring substituents is 1. The number of nitrogens with zero attached hydrogens (tertiary/aromatic N) is 2. The maximum Gasteiger partial charge on any atom is 0.271 e. The van der Waals surface area contributed by atoms with Crippen molar-refractivity contribution in [2.45, 2.75) is 0 Å². The molecular weight excluding hydrogens is 274 g/mol. The van der Waals surface area contributed by atoms with Crippen molar-refractivity contribution in [3.63, 3.8) is 0 Å². The zero-order valence-electron chi connectivity index (χ0n) is 10.6. The van der Waals surface area contributed by atoms with E-state index in [1.807, 2.05) is 0 Å². The van der Waals surface area contributed by atoms with Gasteiger partial charge in [0, 0.05) is 23.3 Å². The second-order valence-corrected chi connectivity index (χ2v) is 4.37. The topological polar surface area (TPSA) is 112 Å². The van der Waals surface area contributed by atoms with Gasteiger partial charge in [-0.3, -0.25) is 14.9 Å². The van der Waals surface area contributed by atoms with Crippen molar-refractivity contribution >= 4 is 22.7 Å². The van der Waals surface area contributed by atoms with E-state index in [1.54, 1.807) is 24.3 Å². The second-order valence-electron chi connectivity index (χ2n) is 4.37. The summed E-state index contributed by atoms with van der Waals surface area (Å²) >= 11 is 0. The Balaban J connectivity index is 2.04. The summed E-state index contributed by atoms with van der Waals surface area (Å²) in [5, 5.41) is 10.7. The third-order valence-corrected chi connectivity index (χ3v) is 3.00. The molecule has 21 heavy (non-hydrogen) atoms. The van der Waals surface area contributed by atoms with E-state index >= 15 is 0 Å². The molecule has 0 aliphatic carbocycles. The van der Waals surface area contributed by atoms with Crippen molar-refractivity contribution < 1.29 is 14.1 Å². The zero-order valence-corrected chi connectivity index (χ0v) is 10.6. The Morgan fingerprint density at radius 3 is 2.52 bits per heavy atom. The molecule has 3 aromatic rings. The lowest BCUT2D eigenvalue weighted by Gasteiger charge is -1.97. The van der Waals surface area contributed by atoms with E-state index < -0.39 is 10.8 Å². The van der Waals surface area contributed by atoms with Gasteiger partial charge in [-0.05, 0) is 30.3 Å². The molecule has 7 nitrogen and oxygen atoms in total. The van der Waals surface area contributed by atoms with E-state index in [-0.39, 0.29) is 5.69 Å². The minimum absolute atomic E-state index is 0.0496. The Morgan fingerprint density at radius 2 is 1.90 bits per heavy atom. The van der Waals surface area contributed by atoms with E-state index in [4.69, 9.17) is 10.2 Å².